The molecule has 2 unspecified atom stereocenters. The number of amides is 3. The minimum Gasteiger partial charge on any atom is -0.444 e. The van der Waals surface area contributed by atoms with Crippen molar-refractivity contribution in [1.29, 1.82) is 0 Å². The third-order valence-electron chi connectivity index (χ3n) is 6.57. The Morgan fingerprint density at radius 1 is 1.05 bits per heavy atom. The first-order valence-electron chi connectivity index (χ1n) is 13.2. The van der Waals surface area contributed by atoms with Crippen LogP contribution in [0.2, 0.25) is 0 Å². The summed E-state index contributed by atoms with van der Waals surface area (Å²) in [6, 6.07) is 14.8. The first-order chi connectivity index (χ1) is 18.0. The van der Waals surface area contributed by atoms with E-state index >= 15 is 0 Å². The Kier molecular flexibility index (Phi) is 9.57. The van der Waals surface area contributed by atoms with Crippen LogP contribution in [-0.2, 0) is 20.9 Å². The van der Waals surface area contributed by atoms with Gasteiger partial charge in [-0.2, -0.15) is 0 Å². The highest BCUT2D eigenvalue weighted by Crippen LogP contribution is 2.35. The van der Waals surface area contributed by atoms with E-state index in [-0.39, 0.29) is 23.8 Å². The molecule has 1 aliphatic carbocycles. The fourth-order valence-electron chi connectivity index (χ4n) is 4.46. The number of nitrogens with zero attached hydrogens (tertiary/aromatic N) is 1. The highest BCUT2D eigenvalue weighted by Gasteiger charge is 2.43. The quantitative estimate of drug-likeness (QED) is 0.461. The number of nitrogens with one attached hydrogen (secondary N) is 2. The minimum absolute atomic E-state index is 0.150. The average molecular weight is 518 g/mol. The van der Waals surface area contributed by atoms with E-state index in [2.05, 4.69) is 16.6 Å². The maximum Gasteiger partial charge on any atom is 0.408 e. The standard InChI is InChI=1S/C31H39N3O4/c1-7-23-16-11-12-19-25(23)27(28(35)32-20-22-14-9-8-10-15-22)34(24-17-13-18-24)29(36)26(21(2)3)33-30(37)38-31(4,5)6/h1,8-12,14-16,19,21,24,26-27H,13,17-18,20H2,2-6H3,(H,32,35)(H,33,37). The molecule has 38 heavy (non-hydrogen) atoms. The fraction of sp³-hybridized carbons (Fsp3) is 0.452. The van der Waals surface area contributed by atoms with E-state index in [0.29, 0.717) is 17.7 Å². The van der Waals surface area contributed by atoms with Gasteiger partial charge in [0.05, 0.1) is 0 Å². The summed E-state index contributed by atoms with van der Waals surface area (Å²) >= 11 is 0. The molecule has 7 heteroatoms. The Hall–Kier alpha value is -3.79. The lowest BCUT2D eigenvalue weighted by Crippen LogP contribution is -2.58. The van der Waals surface area contributed by atoms with Gasteiger partial charge in [0.1, 0.15) is 17.7 Å². The number of rotatable bonds is 9. The molecule has 1 fully saturated rings. The van der Waals surface area contributed by atoms with Crippen LogP contribution in [0.5, 0.6) is 0 Å². The summed E-state index contributed by atoms with van der Waals surface area (Å²) in [6.45, 7) is 9.33. The van der Waals surface area contributed by atoms with Crippen LogP contribution in [0.1, 0.15) is 76.6 Å². The average Bonchev–Trinajstić information content (AvgIpc) is 2.83. The van der Waals surface area contributed by atoms with Crippen LogP contribution in [0.3, 0.4) is 0 Å². The monoisotopic (exact) mass is 517 g/mol. The molecule has 0 saturated heterocycles. The van der Waals surface area contributed by atoms with Gasteiger partial charge in [0.15, 0.2) is 0 Å². The molecule has 2 N–H and O–H groups in total. The summed E-state index contributed by atoms with van der Waals surface area (Å²) in [4.78, 5) is 42.4. The van der Waals surface area contributed by atoms with Gasteiger partial charge in [-0.1, -0.05) is 68.3 Å². The number of ether oxygens (including phenoxy) is 1. The molecule has 0 aliphatic heterocycles. The van der Waals surface area contributed by atoms with Crippen molar-refractivity contribution in [2.45, 2.75) is 84.2 Å². The number of hydrogen-bond acceptors (Lipinski definition) is 4. The normalized spacial score (nSPS) is 15.0. The first kappa shape index (κ1) is 28.8. The molecule has 2 aromatic carbocycles. The maximum absolute atomic E-state index is 14.2. The number of benzene rings is 2. The van der Waals surface area contributed by atoms with Crippen LogP contribution in [0, 0.1) is 18.3 Å². The Morgan fingerprint density at radius 3 is 2.24 bits per heavy atom. The zero-order valence-electron chi connectivity index (χ0n) is 23.0. The van der Waals surface area contributed by atoms with E-state index in [1.54, 1.807) is 37.8 Å². The topological polar surface area (TPSA) is 87.7 Å². The van der Waals surface area contributed by atoms with Crippen LogP contribution < -0.4 is 10.6 Å². The van der Waals surface area contributed by atoms with E-state index in [0.717, 1.165) is 24.8 Å². The van der Waals surface area contributed by atoms with Crippen molar-refractivity contribution >= 4 is 17.9 Å². The Bertz CT molecular complexity index is 1160. The van der Waals surface area contributed by atoms with Crippen molar-refractivity contribution in [3.63, 3.8) is 0 Å². The number of carbonyl (C=O) groups is 3. The summed E-state index contributed by atoms with van der Waals surface area (Å²) in [5.74, 6) is 1.78. The van der Waals surface area contributed by atoms with Crippen LogP contribution in [-0.4, -0.2) is 40.5 Å². The third-order valence-corrected chi connectivity index (χ3v) is 6.57. The van der Waals surface area contributed by atoms with E-state index in [4.69, 9.17) is 11.2 Å². The zero-order valence-corrected chi connectivity index (χ0v) is 23.0. The minimum atomic E-state index is -0.953. The van der Waals surface area contributed by atoms with Crippen LogP contribution in [0.25, 0.3) is 0 Å². The van der Waals surface area contributed by atoms with Gasteiger partial charge in [-0.25, -0.2) is 4.79 Å². The van der Waals surface area contributed by atoms with Gasteiger partial charge in [-0.3, -0.25) is 9.59 Å². The van der Waals surface area contributed by atoms with Crippen molar-refractivity contribution in [1.82, 2.24) is 15.5 Å². The van der Waals surface area contributed by atoms with Gasteiger partial charge in [-0.05, 0) is 63.1 Å². The van der Waals surface area contributed by atoms with Gasteiger partial charge >= 0.3 is 6.09 Å². The SMILES string of the molecule is C#Cc1ccccc1C(C(=O)NCc1ccccc1)N(C(=O)C(NC(=O)OC(C)(C)C)C(C)C)C1CCC1. The number of terminal acetylenes is 1. The molecule has 0 spiro atoms. The molecule has 3 rings (SSSR count). The molecule has 2 aromatic rings. The molecule has 2 atom stereocenters. The van der Waals surface area contributed by atoms with E-state index < -0.39 is 23.8 Å². The molecule has 0 heterocycles. The van der Waals surface area contributed by atoms with E-state index in [1.807, 2.05) is 56.3 Å². The molecule has 7 nitrogen and oxygen atoms in total. The van der Waals surface area contributed by atoms with Gasteiger partial charge in [-0.15, -0.1) is 6.42 Å². The Labute approximate surface area is 226 Å². The molecular weight excluding hydrogens is 478 g/mol. The van der Waals surface area contributed by atoms with Crippen molar-refractivity contribution in [2.75, 3.05) is 0 Å². The largest absolute Gasteiger partial charge is 0.444 e. The van der Waals surface area contributed by atoms with Crippen LogP contribution in [0.4, 0.5) is 4.79 Å². The predicted molar refractivity (Wildman–Crippen MR) is 148 cm³/mol. The lowest BCUT2D eigenvalue weighted by atomic mass is 9.86. The lowest BCUT2D eigenvalue weighted by molar-refractivity contribution is -0.148. The fourth-order valence-corrected chi connectivity index (χ4v) is 4.46. The van der Waals surface area contributed by atoms with Crippen molar-refractivity contribution in [3.8, 4) is 12.3 Å². The van der Waals surface area contributed by atoms with E-state index in [9.17, 15) is 14.4 Å². The zero-order chi connectivity index (χ0) is 27.9. The smallest absolute Gasteiger partial charge is 0.408 e. The number of hydrogen-bond donors (Lipinski definition) is 2. The number of alkyl carbamates (subject to hydrolysis) is 1. The van der Waals surface area contributed by atoms with Gasteiger partial charge in [0.2, 0.25) is 11.8 Å². The molecule has 0 aromatic heterocycles. The van der Waals surface area contributed by atoms with Gasteiger partial charge < -0.3 is 20.3 Å². The molecule has 0 radical (unpaired) electrons. The molecule has 3 amide bonds. The van der Waals surface area contributed by atoms with Crippen molar-refractivity contribution < 1.29 is 19.1 Å². The molecular formula is C31H39N3O4. The van der Waals surface area contributed by atoms with Gasteiger partial charge in [0.25, 0.3) is 0 Å². The summed E-state index contributed by atoms with van der Waals surface area (Å²) in [5.41, 5.74) is 1.36. The highest BCUT2D eigenvalue weighted by atomic mass is 16.6. The lowest BCUT2D eigenvalue weighted by Gasteiger charge is -2.44. The molecule has 1 aliphatic rings. The van der Waals surface area contributed by atoms with E-state index in [1.165, 1.54) is 0 Å². The Balaban J connectivity index is 2.00. The summed E-state index contributed by atoms with van der Waals surface area (Å²) in [5, 5.41) is 5.78. The second-order valence-electron chi connectivity index (χ2n) is 11.0. The second kappa shape index (κ2) is 12.6. The molecule has 202 valence electrons. The van der Waals surface area contributed by atoms with Gasteiger partial charge in [0, 0.05) is 18.2 Å². The second-order valence-corrected chi connectivity index (χ2v) is 11.0. The third kappa shape index (κ3) is 7.38. The molecule has 0 bridgehead atoms. The Morgan fingerprint density at radius 2 is 1.68 bits per heavy atom. The summed E-state index contributed by atoms with van der Waals surface area (Å²) < 4.78 is 5.44. The first-order valence-corrected chi connectivity index (χ1v) is 13.2. The highest BCUT2D eigenvalue weighted by molar-refractivity contribution is 5.93. The predicted octanol–water partition coefficient (Wildman–Crippen LogP) is 4.96. The number of carbonyl (C=O) groups excluding carboxylic acids is 3. The van der Waals surface area contributed by atoms with Crippen LogP contribution in [0.15, 0.2) is 54.6 Å². The summed E-state index contributed by atoms with van der Waals surface area (Å²) in [7, 11) is 0. The summed E-state index contributed by atoms with van der Waals surface area (Å²) in [6.07, 6.45) is 7.64. The molecule has 1 saturated carbocycles. The van der Waals surface area contributed by atoms with Crippen molar-refractivity contribution in [3.05, 3.63) is 71.3 Å². The van der Waals surface area contributed by atoms with Crippen LogP contribution >= 0.6 is 0 Å². The van der Waals surface area contributed by atoms with Crippen molar-refractivity contribution in [2.24, 2.45) is 5.92 Å². The maximum atomic E-state index is 14.2.